The molecule has 3 rings (SSSR count). The lowest BCUT2D eigenvalue weighted by Gasteiger charge is -2.33. The maximum Gasteiger partial charge on any atom is 0.179 e. The fourth-order valence-corrected chi connectivity index (χ4v) is 5.76. The van der Waals surface area contributed by atoms with Gasteiger partial charge in [0.15, 0.2) is 9.84 Å². The molecule has 2 aromatic rings. The summed E-state index contributed by atoms with van der Waals surface area (Å²) in [6.07, 6.45) is -0.802. The van der Waals surface area contributed by atoms with Gasteiger partial charge in [0.05, 0.1) is 16.8 Å². The Labute approximate surface area is 150 Å². The fourth-order valence-electron chi connectivity index (χ4n) is 3.64. The summed E-state index contributed by atoms with van der Waals surface area (Å²) in [7, 11) is 0.362. The normalized spacial score (nSPS) is 24.2. The van der Waals surface area contributed by atoms with Crippen molar-refractivity contribution in [2.45, 2.75) is 30.8 Å². The monoisotopic (exact) mass is 359 g/mol. The molecule has 1 aliphatic rings. The lowest BCUT2D eigenvalue weighted by atomic mass is 9.75. The summed E-state index contributed by atoms with van der Waals surface area (Å²) in [5, 5.41) is 11.2. The molecule has 2 atom stereocenters. The number of sulfone groups is 1. The van der Waals surface area contributed by atoms with Gasteiger partial charge in [0.2, 0.25) is 0 Å². The third kappa shape index (κ3) is 3.18. The van der Waals surface area contributed by atoms with E-state index in [1.165, 1.54) is 0 Å². The van der Waals surface area contributed by atoms with Crippen molar-refractivity contribution in [2.75, 3.05) is 24.7 Å². The summed E-state index contributed by atoms with van der Waals surface area (Å²) in [5.74, 6) is -0.456. The van der Waals surface area contributed by atoms with Gasteiger partial charge in [-0.1, -0.05) is 44.2 Å². The largest absolute Gasteiger partial charge is 0.392 e. The van der Waals surface area contributed by atoms with Gasteiger partial charge >= 0.3 is 0 Å². The van der Waals surface area contributed by atoms with E-state index >= 15 is 0 Å². The Balaban J connectivity index is 2.33. The molecule has 0 saturated heterocycles. The first-order valence-electron chi connectivity index (χ1n) is 8.40. The van der Waals surface area contributed by atoms with Gasteiger partial charge in [-0.15, -0.1) is 0 Å². The molecule has 1 heterocycles. The van der Waals surface area contributed by atoms with Crippen LogP contribution in [0.1, 0.15) is 30.9 Å². The predicted octanol–water partition coefficient (Wildman–Crippen LogP) is 3.06. The average molecular weight is 359 g/mol. The van der Waals surface area contributed by atoms with Gasteiger partial charge in [-0.2, -0.15) is 0 Å². The molecule has 0 aliphatic carbocycles. The van der Waals surface area contributed by atoms with Crippen molar-refractivity contribution in [3.63, 3.8) is 0 Å². The second-order valence-electron chi connectivity index (χ2n) is 7.70. The molecular formula is C20H25NO3S. The van der Waals surface area contributed by atoms with Crippen LogP contribution in [-0.2, 0) is 9.84 Å². The molecule has 0 aromatic heterocycles. The number of anilines is 1. The zero-order valence-corrected chi connectivity index (χ0v) is 15.9. The number of hydrogen-bond donors (Lipinski definition) is 1. The van der Waals surface area contributed by atoms with Crippen molar-refractivity contribution < 1.29 is 13.5 Å². The Morgan fingerprint density at radius 1 is 1.08 bits per heavy atom. The number of aliphatic hydroxyl groups excluding tert-OH is 1. The molecule has 0 fully saturated rings. The zero-order chi connectivity index (χ0) is 18.4. The van der Waals surface area contributed by atoms with Gasteiger partial charge in [0, 0.05) is 31.1 Å². The standard InChI is InChI=1S/C20H25NO3S/c1-20(2)13-25(23,24)17-11-10-15(21(3)4)12-16(17)18(19(20)22)14-8-6-5-7-9-14/h5-12,18-19,22H,13H2,1-4H3/t18-,19?/m1/s1. The van der Waals surface area contributed by atoms with Crippen molar-refractivity contribution in [1.29, 1.82) is 0 Å². The van der Waals surface area contributed by atoms with E-state index in [-0.39, 0.29) is 11.7 Å². The van der Waals surface area contributed by atoms with E-state index in [4.69, 9.17) is 0 Å². The summed E-state index contributed by atoms with van der Waals surface area (Å²) in [4.78, 5) is 2.27. The van der Waals surface area contributed by atoms with E-state index in [0.717, 1.165) is 11.3 Å². The van der Waals surface area contributed by atoms with Crippen LogP contribution >= 0.6 is 0 Å². The summed E-state index contributed by atoms with van der Waals surface area (Å²) in [5.41, 5.74) is 1.77. The van der Waals surface area contributed by atoms with Gasteiger partial charge < -0.3 is 10.0 Å². The van der Waals surface area contributed by atoms with Crippen molar-refractivity contribution >= 4 is 15.5 Å². The van der Waals surface area contributed by atoms with Crippen molar-refractivity contribution in [3.05, 3.63) is 59.7 Å². The quantitative estimate of drug-likeness (QED) is 0.895. The molecule has 1 aliphatic heterocycles. The van der Waals surface area contributed by atoms with E-state index in [9.17, 15) is 13.5 Å². The van der Waals surface area contributed by atoms with Crippen LogP contribution < -0.4 is 4.90 Å². The molecule has 25 heavy (non-hydrogen) atoms. The summed E-state index contributed by atoms with van der Waals surface area (Å²) in [6.45, 7) is 3.65. The number of nitrogens with zero attached hydrogens (tertiary/aromatic N) is 1. The molecule has 0 amide bonds. The molecule has 0 radical (unpaired) electrons. The zero-order valence-electron chi connectivity index (χ0n) is 15.1. The average Bonchev–Trinajstić information content (AvgIpc) is 2.59. The van der Waals surface area contributed by atoms with Crippen LogP contribution in [0.2, 0.25) is 0 Å². The molecule has 5 heteroatoms. The second-order valence-corrected chi connectivity index (χ2v) is 9.66. The lowest BCUT2D eigenvalue weighted by molar-refractivity contribution is 0.0521. The SMILES string of the molecule is CN(C)c1ccc2c(c1)[C@@H](c1ccccc1)C(O)C(C)(C)CS2(=O)=O. The van der Waals surface area contributed by atoms with Crippen LogP contribution in [0, 0.1) is 5.41 Å². The van der Waals surface area contributed by atoms with Crippen LogP contribution in [0.5, 0.6) is 0 Å². The lowest BCUT2D eigenvalue weighted by Crippen LogP contribution is -2.38. The highest BCUT2D eigenvalue weighted by Gasteiger charge is 2.44. The highest BCUT2D eigenvalue weighted by molar-refractivity contribution is 7.91. The van der Waals surface area contributed by atoms with E-state index in [2.05, 4.69) is 0 Å². The second kappa shape index (κ2) is 6.15. The number of benzene rings is 2. The predicted molar refractivity (Wildman–Crippen MR) is 101 cm³/mol. The van der Waals surface area contributed by atoms with E-state index in [1.807, 2.05) is 75.3 Å². The van der Waals surface area contributed by atoms with E-state index < -0.39 is 21.4 Å². The molecule has 0 saturated carbocycles. The van der Waals surface area contributed by atoms with Crippen LogP contribution in [0.3, 0.4) is 0 Å². The minimum absolute atomic E-state index is 0.0706. The van der Waals surface area contributed by atoms with Crippen molar-refractivity contribution in [2.24, 2.45) is 5.41 Å². The maximum absolute atomic E-state index is 13.0. The van der Waals surface area contributed by atoms with Gasteiger partial charge in [0.25, 0.3) is 0 Å². The van der Waals surface area contributed by atoms with Crippen LogP contribution in [0.15, 0.2) is 53.4 Å². The number of hydrogen-bond acceptors (Lipinski definition) is 4. The first-order chi connectivity index (χ1) is 11.6. The van der Waals surface area contributed by atoms with Gasteiger partial charge in [0.1, 0.15) is 0 Å². The van der Waals surface area contributed by atoms with Crippen molar-refractivity contribution in [1.82, 2.24) is 0 Å². The fraction of sp³-hybridized carbons (Fsp3) is 0.400. The first-order valence-corrected chi connectivity index (χ1v) is 10.1. The first kappa shape index (κ1) is 18.0. The van der Waals surface area contributed by atoms with E-state index in [0.29, 0.717) is 10.5 Å². The molecule has 4 nitrogen and oxygen atoms in total. The van der Waals surface area contributed by atoms with Gasteiger partial charge in [-0.25, -0.2) is 8.42 Å². The third-order valence-corrected chi connectivity index (χ3v) is 7.18. The van der Waals surface area contributed by atoms with Gasteiger partial charge in [-0.3, -0.25) is 0 Å². The molecule has 2 aromatic carbocycles. The summed E-state index contributed by atoms with van der Waals surface area (Å²) in [6, 6.07) is 15.1. The minimum atomic E-state index is -3.48. The summed E-state index contributed by atoms with van der Waals surface area (Å²) >= 11 is 0. The van der Waals surface area contributed by atoms with Crippen LogP contribution in [-0.4, -0.2) is 39.5 Å². The topological polar surface area (TPSA) is 57.6 Å². The highest BCUT2D eigenvalue weighted by atomic mass is 32.2. The maximum atomic E-state index is 13.0. The Morgan fingerprint density at radius 2 is 1.72 bits per heavy atom. The Hall–Kier alpha value is -1.85. The van der Waals surface area contributed by atoms with Crippen molar-refractivity contribution in [3.8, 4) is 0 Å². The number of rotatable bonds is 2. The van der Waals surface area contributed by atoms with Crippen LogP contribution in [0.4, 0.5) is 5.69 Å². The molecule has 0 bridgehead atoms. The third-order valence-electron chi connectivity index (χ3n) is 5.02. The molecule has 1 unspecified atom stereocenters. The van der Waals surface area contributed by atoms with Crippen LogP contribution in [0.25, 0.3) is 0 Å². The Bertz CT molecular complexity index is 873. The Morgan fingerprint density at radius 3 is 2.32 bits per heavy atom. The molecule has 0 spiro atoms. The van der Waals surface area contributed by atoms with Gasteiger partial charge in [-0.05, 0) is 29.3 Å². The molecular weight excluding hydrogens is 334 g/mol. The molecule has 134 valence electrons. The number of aliphatic hydroxyl groups is 1. The smallest absolute Gasteiger partial charge is 0.179 e. The highest BCUT2D eigenvalue weighted by Crippen LogP contribution is 2.45. The van der Waals surface area contributed by atoms with E-state index in [1.54, 1.807) is 6.07 Å². The minimum Gasteiger partial charge on any atom is -0.392 e. The number of fused-ring (bicyclic) bond motifs is 1. The Kier molecular flexibility index (Phi) is 4.41. The summed E-state index contributed by atoms with van der Waals surface area (Å²) < 4.78 is 26.0. The molecule has 1 N–H and O–H groups in total.